The zero-order valence-electron chi connectivity index (χ0n) is 10.0. The van der Waals surface area contributed by atoms with Gasteiger partial charge in [-0.05, 0) is 27.7 Å². The highest BCUT2D eigenvalue weighted by molar-refractivity contribution is 7.12. The highest BCUT2D eigenvalue weighted by atomic mass is 29.2. The van der Waals surface area contributed by atoms with Gasteiger partial charge in [-0.3, -0.25) is 0 Å². The van der Waals surface area contributed by atoms with Crippen LogP contribution in [-0.4, -0.2) is 44.0 Å². The summed E-state index contributed by atoms with van der Waals surface area (Å²) in [6.07, 6.45) is 0. The molecule has 0 amide bonds. The molecule has 0 saturated carbocycles. The van der Waals surface area contributed by atoms with Crippen LogP contribution in [-0.2, 0) is 17.7 Å². The van der Waals surface area contributed by atoms with Crippen LogP contribution in [0.4, 0.5) is 0 Å². The Kier molecular flexibility index (Phi) is 6.11. The first kappa shape index (κ1) is 14.3. The summed E-state index contributed by atoms with van der Waals surface area (Å²) in [6, 6.07) is 0. The van der Waals surface area contributed by atoms with Gasteiger partial charge in [0, 0.05) is 20.8 Å². The van der Waals surface area contributed by atoms with E-state index in [4.69, 9.17) is 17.7 Å². The maximum absolute atomic E-state index is 5.86. The molecule has 0 fully saturated rings. The van der Waals surface area contributed by atoms with Crippen LogP contribution >= 0.6 is 0 Å². The van der Waals surface area contributed by atoms with E-state index in [0.29, 0.717) is 6.61 Å². The Morgan fingerprint density at radius 3 is 1.93 bits per heavy atom. The monoisotopic (exact) mass is 238 g/mol. The fourth-order valence-electron chi connectivity index (χ4n) is 1.01. The van der Waals surface area contributed by atoms with Gasteiger partial charge in [0.2, 0.25) is 0 Å². The van der Waals surface area contributed by atoms with Crippen LogP contribution in [0.15, 0.2) is 0 Å². The number of hydrogen-bond donors (Lipinski definition) is 0. The zero-order valence-corrected chi connectivity index (χ0v) is 12.5. The molecule has 0 atom stereocenters. The van der Waals surface area contributed by atoms with E-state index in [0.717, 1.165) is 0 Å². The highest BCUT2D eigenvalue weighted by Crippen LogP contribution is 2.17. The Hall–Kier alpha value is 0.274. The third-order valence-electron chi connectivity index (χ3n) is 1.57. The molecule has 0 N–H and O–H groups in total. The average Bonchev–Trinajstić information content (AvgIpc) is 2.10. The van der Waals surface area contributed by atoms with Crippen molar-refractivity contribution in [1.82, 2.24) is 0 Å². The summed E-state index contributed by atoms with van der Waals surface area (Å²) >= 11 is 0. The van der Waals surface area contributed by atoms with Crippen LogP contribution < -0.4 is 0 Å². The Bertz CT molecular complexity index is 154. The van der Waals surface area contributed by atoms with Crippen LogP contribution in [0, 0.1) is 0 Å². The van der Waals surface area contributed by atoms with Crippen LogP contribution in [0.3, 0.4) is 0 Å². The lowest BCUT2D eigenvalue weighted by molar-refractivity contribution is 0.0294. The van der Waals surface area contributed by atoms with Crippen molar-refractivity contribution in [3.05, 3.63) is 0 Å². The quantitative estimate of drug-likeness (QED) is 0.637. The van der Waals surface area contributed by atoms with E-state index in [9.17, 15) is 0 Å². The second-order valence-electron chi connectivity index (χ2n) is 3.94. The lowest BCUT2D eigenvalue weighted by Crippen LogP contribution is -2.55. The summed E-state index contributed by atoms with van der Waals surface area (Å²) in [6.45, 7) is 8.64. The minimum atomic E-state index is -2.48. The van der Waals surface area contributed by atoms with Crippen molar-refractivity contribution < 1.29 is 17.7 Å². The zero-order chi connectivity index (χ0) is 11.2. The van der Waals surface area contributed by atoms with Gasteiger partial charge in [-0.15, -0.1) is 0 Å². The molecule has 0 aromatic heterocycles. The van der Waals surface area contributed by atoms with Crippen molar-refractivity contribution in [3.63, 3.8) is 0 Å². The molecule has 0 aliphatic carbocycles. The van der Waals surface area contributed by atoms with Crippen LogP contribution in [0.1, 0.15) is 27.7 Å². The Morgan fingerprint density at radius 2 is 1.64 bits per heavy atom. The van der Waals surface area contributed by atoms with Gasteiger partial charge in [-0.1, -0.05) is 0 Å². The minimum absolute atomic E-state index is 0.248. The fourth-order valence-corrected chi connectivity index (χ4v) is 6.57. The smallest absolute Gasteiger partial charge is 0.418 e. The highest BCUT2D eigenvalue weighted by Gasteiger charge is 2.43. The van der Waals surface area contributed by atoms with Crippen LogP contribution in [0.5, 0.6) is 0 Å². The van der Waals surface area contributed by atoms with E-state index >= 15 is 0 Å². The SMILES string of the molecule is CCO[SiH2][Si](OC)(OC)OC(C)(C)C. The standard InChI is InChI=1S/C8H22O4Si2/c1-7-11-13-14(9-5,10-6)12-8(2,3)4/h7,13H2,1-6H3. The molecular weight excluding hydrogens is 216 g/mol. The molecule has 6 heteroatoms. The summed E-state index contributed by atoms with van der Waals surface area (Å²) in [5.74, 6) is 0. The molecule has 0 bridgehead atoms. The van der Waals surface area contributed by atoms with E-state index in [1.807, 2.05) is 27.7 Å². The third kappa shape index (κ3) is 5.23. The second-order valence-corrected chi connectivity index (χ2v) is 10.5. The molecule has 0 aromatic rings. The van der Waals surface area contributed by atoms with Crippen molar-refractivity contribution in [2.24, 2.45) is 0 Å². The van der Waals surface area contributed by atoms with Crippen molar-refractivity contribution >= 4 is 17.6 Å². The fraction of sp³-hybridized carbons (Fsp3) is 1.00. The topological polar surface area (TPSA) is 36.9 Å². The third-order valence-corrected chi connectivity index (χ3v) is 8.54. The first-order valence-corrected chi connectivity index (χ1v) is 9.40. The predicted octanol–water partition coefficient (Wildman–Crippen LogP) is 0.650. The van der Waals surface area contributed by atoms with Crippen molar-refractivity contribution in [3.8, 4) is 0 Å². The number of hydrogen-bond acceptors (Lipinski definition) is 4. The molecule has 0 saturated heterocycles. The van der Waals surface area contributed by atoms with Gasteiger partial charge in [-0.2, -0.15) is 0 Å². The lowest BCUT2D eigenvalue weighted by atomic mass is 10.2. The largest absolute Gasteiger partial charge is 0.495 e. The molecule has 0 radical (unpaired) electrons. The second kappa shape index (κ2) is 5.99. The van der Waals surface area contributed by atoms with E-state index in [1.165, 1.54) is 0 Å². The van der Waals surface area contributed by atoms with Gasteiger partial charge in [0.25, 0.3) is 9.28 Å². The Balaban J connectivity index is 4.36. The lowest BCUT2D eigenvalue weighted by Gasteiger charge is -2.33. The van der Waals surface area contributed by atoms with E-state index < -0.39 is 17.6 Å². The van der Waals surface area contributed by atoms with Crippen LogP contribution in [0.2, 0.25) is 0 Å². The average molecular weight is 238 g/mol. The van der Waals surface area contributed by atoms with Gasteiger partial charge in [0.1, 0.15) is 0 Å². The molecule has 4 nitrogen and oxygen atoms in total. The van der Waals surface area contributed by atoms with Crippen molar-refractivity contribution in [1.29, 1.82) is 0 Å². The van der Waals surface area contributed by atoms with Gasteiger partial charge in [0.15, 0.2) is 0 Å². The minimum Gasteiger partial charge on any atom is -0.418 e. The maximum atomic E-state index is 5.86. The van der Waals surface area contributed by atoms with Crippen molar-refractivity contribution in [2.45, 2.75) is 33.3 Å². The van der Waals surface area contributed by atoms with E-state index in [2.05, 4.69) is 0 Å². The molecule has 0 aliphatic heterocycles. The summed E-state index contributed by atoms with van der Waals surface area (Å²) < 4.78 is 22.1. The molecule has 0 rings (SSSR count). The molecule has 0 unspecified atom stereocenters. The summed E-state index contributed by atoms with van der Waals surface area (Å²) in [7, 11) is -0.108. The molecule has 14 heavy (non-hydrogen) atoms. The first-order chi connectivity index (χ1) is 6.39. The molecule has 0 aliphatic rings. The van der Waals surface area contributed by atoms with E-state index in [1.54, 1.807) is 14.2 Å². The van der Waals surface area contributed by atoms with Gasteiger partial charge in [-0.25, -0.2) is 0 Å². The predicted molar refractivity (Wildman–Crippen MR) is 60.8 cm³/mol. The molecule has 0 aromatic carbocycles. The summed E-state index contributed by atoms with van der Waals surface area (Å²) in [4.78, 5) is 0. The van der Waals surface area contributed by atoms with Gasteiger partial charge < -0.3 is 17.7 Å². The maximum Gasteiger partial charge on any atom is 0.495 e. The molecule has 0 heterocycles. The summed E-state index contributed by atoms with van der Waals surface area (Å²) in [5, 5.41) is 0. The van der Waals surface area contributed by atoms with Gasteiger partial charge >= 0.3 is 8.32 Å². The van der Waals surface area contributed by atoms with Gasteiger partial charge in [0.05, 0.1) is 5.60 Å². The molecular formula is C8H22O4Si2. The Labute approximate surface area is 90.0 Å². The molecule has 86 valence electrons. The number of rotatable bonds is 6. The first-order valence-electron chi connectivity index (χ1n) is 4.77. The normalized spacial score (nSPS) is 14.1. The van der Waals surface area contributed by atoms with Crippen molar-refractivity contribution in [2.75, 3.05) is 20.8 Å². The molecule has 0 spiro atoms. The summed E-state index contributed by atoms with van der Waals surface area (Å²) in [5.41, 5.74) is -0.248. The Morgan fingerprint density at radius 1 is 1.14 bits per heavy atom. The van der Waals surface area contributed by atoms with E-state index in [-0.39, 0.29) is 5.60 Å². The van der Waals surface area contributed by atoms with Crippen LogP contribution in [0.25, 0.3) is 0 Å².